The van der Waals surface area contributed by atoms with Gasteiger partial charge in [0, 0.05) is 24.3 Å². The number of alkyl halides is 1. The van der Waals surface area contributed by atoms with Gasteiger partial charge in [0.15, 0.2) is 0 Å². The summed E-state index contributed by atoms with van der Waals surface area (Å²) in [6.45, 7) is 0. The van der Waals surface area contributed by atoms with Gasteiger partial charge in [-0.3, -0.25) is 4.68 Å². The monoisotopic (exact) mass is 284 g/mol. The van der Waals surface area contributed by atoms with Crippen LogP contribution in [0.4, 0.5) is 0 Å². The fraction of sp³-hybridized carbons (Fsp3) is 0.769. The molecule has 90 valence electrons. The molecule has 2 rings (SSSR count). The molecule has 1 fully saturated rings. The molecule has 1 saturated carbocycles. The van der Waals surface area contributed by atoms with Crippen LogP contribution < -0.4 is 0 Å². The van der Waals surface area contributed by atoms with Gasteiger partial charge in [0.05, 0.1) is 0 Å². The molecule has 0 N–H and O–H groups in total. The molecule has 3 heteroatoms. The maximum atomic E-state index is 4.22. The molecular weight excluding hydrogens is 264 g/mol. The maximum absolute atomic E-state index is 4.22. The number of halogens is 1. The Morgan fingerprint density at radius 2 is 2.25 bits per heavy atom. The van der Waals surface area contributed by atoms with Crippen LogP contribution in [0.1, 0.15) is 37.8 Å². The normalized spacial score (nSPS) is 19.1. The highest BCUT2D eigenvalue weighted by atomic mass is 79.9. The summed E-state index contributed by atoms with van der Waals surface area (Å²) in [5.41, 5.74) is 1.36. The van der Waals surface area contributed by atoms with Gasteiger partial charge < -0.3 is 0 Å². The van der Waals surface area contributed by atoms with Crippen LogP contribution in [0.5, 0.6) is 0 Å². The molecule has 1 aliphatic carbocycles. The molecule has 1 aromatic rings. The lowest BCUT2D eigenvalue weighted by molar-refractivity contribution is 0.351. The van der Waals surface area contributed by atoms with Crippen molar-refractivity contribution in [1.82, 2.24) is 9.78 Å². The summed E-state index contributed by atoms with van der Waals surface area (Å²) in [5.74, 6) is 1.82. The zero-order valence-corrected chi connectivity index (χ0v) is 11.6. The number of hydrogen-bond acceptors (Lipinski definition) is 1. The van der Waals surface area contributed by atoms with Gasteiger partial charge in [-0.2, -0.15) is 5.10 Å². The number of hydrogen-bond donors (Lipinski definition) is 0. The summed E-state index contributed by atoms with van der Waals surface area (Å²) in [6.07, 6.45) is 10.1. The van der Waals surface area contributed by atoms with E-state index in [-0.39, 0.29) is 0 Å². The second kappa shape index (κ2) is 5.85. The first-order chi connectivity index (χ1) is 7.81. The molecular formula is C13H21BrN2. The average Bonchev–Trinajstić information content (AvgIpc) is 2.92. The van der Waals surface area contributed by atoms with Gasteiger partial charge in [-0.15, -0.1) is 0 Å². The van der Waals surface area contributed by atoms with Crippen LogP contribution in [0.25, 0.3) is 0 Å². The summed E-state index contributed by atoms with van der Waals surface area (Å²) in [6, 6.07) is 2.14. The lowest BCUT2D eigenvalue weighted by atomic mass is 9.88. The summed E-state index contributed by atoms with van der Waals surface area (Å²) in [4.78, 5) is 0. The fourth-order valence-corrected chi connectivity index (χ4v) is 3.70. The topological polar surface area (TPSA) is 17.8 Å². The predicted octanol–water partition coefficient (Wildman–Crippen LogP) is 3.55. The summed E-state index contributed by atoms with van der Waals surface area (Å²) in [5, 5.41) is 5.39. The van der Waals surface area contributed by atoms with Gasteiger partial charge in [0.1, 0.15) is 0 Å². The van der Waals surface area contributed by atoms with E-state index in [0.717, 1.165) is 17.2 Å². The van der Waals surface area contributed by atoms with Gasteiger partial charge in [0.2, 0.25) is 0 Å². The van der Waals surface area contributed by atoms with Gasteiger partial charge in [0.25, 0.3) is 0 Å². The first-order valence-corrected chi connectivity index (χ1v) is 7.46. The Labute approximate surface area is 107 Å². The minimum absolute atomic E-state index is 0.859. The third kappa shape index (κ3) is 2.88. The van der Waals surface area contributed by atoms with E-state index in [0.29, 0.717) is 0 Å². The van der Waals surface area contributed by atoms with Crippen LogP contribution in [-0.2, 0) is 13.5 Å². The molecule has 16 heavy (non-hydrogen) atoms. The SMILES string of the molecule is Cn1nccc1CCC(CBr)C1CCCC1. The number of rotatable bonds is 5. The van der Waals surface area contributed by atoms with Crippen molar-refractivity contribution in [3.05, 3.63) is 18.0 Å². The number of nitrogens with zero attached hydrogens (tertiary/aromatic N) is 2. The Morgan fingerprint density at radius 1 is 1.50 bits per heavy atom. The Bertz CT molecular complexity index is 315. The lowest BCUT2D eigenvalue weighted by Crippen LogP contribution is -2.15. The van der Waals surface area contributed by atoms with Gasteiger partial charge in [-0.25, -0.2) is 0 Å². The second-order valence-electron chi connectivity index (χ2n) is 4.94. The first-order valence-electron chi connectivity index (χ1n) is 6.34. The molecule has 0 bridgehead atoms. The van der Waals surface area contributed by atoms with E-state index in [1.54, 1.807) is 0 Å². The van der Waals surface area contributed by atoms with E-state index >= 15 is 0 Å². The van der Waals surface area contributed by atoms with Crippen LogP contribution in [0.2, 0.25) is 0 Å². The molecule has 1 aromatic heterocycles. The van der Waals surface area contributed by atoms with Crippen LogP contribution in [0.3, 0.4) is 0 Å². The van der Waals surface area contributed by atoms with Gasteiger partial charge >= 0.3 is 0 Å². The third-order valence-corrected chi connectivity index (χ3v) is 4.79. The van der Waals surface area contributed by atoms with Crippen molar-refractivity contribution in [2.24, 2.45) is 18.9 Å². The number of aromatic nitrogens is 2. The highest BCUT2D eigenvalue weighted by Crippen LogP contribution is 2.34. The van der Waals surface area contributed by atoms with E-state index in [9.17, 15) is 0 Å². The molecule has 0 amide bonds. The molecule has 0 spiro atoms. The lowest BCUT2D eigenvalue weighted by Gasteiger charge is -2.20. The molecule has 1 atom stereocenters. The quantitative estimate of drug-likeness (QED) is 0.756. The summed E-state index contributed by atoms with van der Waals surface area (Å²) < 4.78 is 2.00. The van der Waals surface area contributed by atoms with Gasteiger partial charge in [-0.1, -0.05) is 41.6 Å². The molecule has 0 radical (unpaired) electrons. The molecule has 1 unspecified atom stereocenters. The van der Waals surface area contributed by atoms with E-state index in [4.69, 9.17) is 0 Å². The van der Waals surface area contributed by atoms with Crippen molar-refractivity contribution in [2.75, 3.05) is 5.33 Å². The Morgan fingerprint density at radius 3 is 2.81 bits per heavy atom. The Kier molecular flexibility index (Phi) is 4.45. The van der Waals surface area contributed by atoms with Crippen molar-refractivity contribution in [1.29, 1.82) is 0 Å². The first kappa shape index (κ1) is 12.2. The van der Waals surface area contributed by atoms with E-state index in [1.807, 2.05) is 17.9 Å². The standard InChI is InChI=1S/C13H21BrN2/c1-16-13(8-9-15-16)7-6-12(10-14)11-4-2-3-5-11/h8-9,11-12H,2-7,10H2,1H3. The van der Waals surface area contributed by atoms with Crippen LogP contribution in [0, 0.1) is 11.8 Å². The minimum Gasteiger partial charge on any atom is -0.273 e. The Hall–Kier alpha value is -0.310. The molecule has 1 heterocycles. The summed E-state index contributed by atoms with van der Waals surface area (Å²) >= 11 is 3.69. The molecule has 2 nitrogen and oxygen atoms in total. The van der Waals surface area contributed by atoms with E-state index in [1.165, 1.54) is 44.2 Å². The highest BCUT2D eigenvalue weighted by Gasteiger charge is 2.23. The van der Waals surface area contributed by atoms with Crippen molar-refractivity contribution < 1.29 is 0 Å². The van der Waals surface area contributed by atoms with Crippen molar-refractivity contribution in [3.63, 3.8) is 0 Å². The Balaban J connectivity index is 1.85. The zero-order valence-electron chi connectivity index (χ0n) is 10.0. The van der Waals surface area contributed by atoms with Crippen molar-refractivity contribution in [3.8, 4) is 0 Å². The maximum Gasteiger partial charge on any atom is 0.0492 e. The zero-order chi connectivity index (χ0) is 11.4. The minimum atomic E-state index is 0.859. The van der Waals surface area contributed by atoms with Crippen LogP contribution >= 0.6 is 15.9 Å². The smallest absolute Gasteiger partial charge is 0.0492 e. The molecule has 0 aliphatic heterocycles. The van der Waals surface area contributed by atoms with Gasteiger partial charge in [-0.05, 0) is 30.7 Å². The predicted molar refractivity (Wildman–Crippen MR) is 70.8 cm³/mol. The largest absolute Gasteiger partial charge is 0.273 e. The summed E-state index contributed by atoms with van der Waals surface area (Å²) in [7, 11) is 2.04. The highest BCUT2D eigenvalue weighted by molar-refractivity contribution is 9.09. The molecule has 0 aromatic carbocycles. The van der Waals surface area contributed by atoms with Crippen LogP contribution in [-0.4, -0.2) is 15.1 Å². The van der Waals surface area contributed by atoms with Crippen LogP contribution in [0.15, 0.2) is 12.3 Å². The molecule has 0 saturated heterocycles. The fourth-order valence-electron chi connectivity index (χ4n) is 2.85. The average molecular weight is 285 g/mol. The van der Waals surface area contributed by atoms with Crippen molar-refractivity contribution >= 4 is 15.9 Å². The third-order valence-electron chi connectivity index (χ3n) is 3.96. The van der Waals surface area contributed by atoms with Crippen molar-refractivity contribution in [2.45, 2.75) is 38.5 Å². The number of aryl methyl sites for hydroxylation is 2. The second-order valence-corrected chi connectivity index (χ2v) is 5.59. The molecule has 1 aliphatic rings. The van der Waals surface area contributed by atoms with E-state index in [2.05, 4.69) is 27.1 Å². The van der Waals surface area contributed by atoms with E-state index < -0.39 is 0 Å².